The van der Waals surface area contributed by atoms with Crippen molar-refractivity contribution in [2.75, 3.05) is 6.54 Å². The average Bonchev–Trinajstić information content (AvgIpc) is 3.14. The Bertz CT molecular complexity index is 731. The van der Waals surface area contributed by atoms with Gasteiger partial charge in [0.15, 0.2) is 0 Å². The molecule has 1 N–H and O–H groups in total. The van der Waals surface area contributed by atoms with Gasteiger partial charge in [-0.05, 0) is 24.1 Å². The van der Waals surface area contributed by atoms with Gasteiger partial charge in [-0.25, -0.2) is 4.98 Å². The van der Waals surface area contributed by atoms with Gasteiger partial charge in [0.1, 0.15) is 0 Å². The minimum atomic E-state index is -0.0639. The molecule has 6 nitrogen and oxygen atoms in total. The molecule has 108 valence electrons. The Kier molecular flexibility index (Phi) is 3.68. The Morgan fingerprint density at radius 2 is 2.33 bits per heavy atom. The van der Waals surface area contributed by atoms with E-state index in [1.807, 2.05) is 33.6 Å². The average molecular weight is 283 g/mol. The lowest BCUT2D eigenvalue weighted by Crippen LogP contribution is -2.30. The standard InChI is InChI=1S/C15H17N5O/c1-12(10-20-5-2-4-18-20)8-17-15(21)13-3-6-19-11-16-9-14(19)7-13/h2-7,9,11-12H,8,10H2,1H3,(H,17,21)/t12-/m1/s1. The van der Waals surface area contributed by atoms with Crippen LogP contribution in [0.25, 0.3) is 5.52 Å². The Morgan fingerprint density at radius 3 is 3.14 bits per heavy atom. The first-order valence-corrected chi connectivity index (χ1v) is 6.90. The fourth-order valence-electron chi connectivity index (χ4n) is 2.22. The molecule has 0 aliphatic rings. The van der Waals surface area contributed by atoms with Crippen molar-refractivity contribution in [3.05, 3.63) is 54.9 Å². The number of nitrogens with one attached hydrogen (secondary N) is 1. The first-order valence-electron chi connectivity index (χ1n) is 6.90. The predicted octanol–water partition coefficient (Wildman–Crippen LogP) is 1.60. The lowest BCUT2D eigenvalue weighted by Gasteiger charge is -2.13. The van der Waals surface area contributed by atoms with Crippen LogP contribution in [0.15, 0.2) is 49.3 Å². The van der Waals surface area contributed by atoms with Crippen molar-refractivity contribution in [2.24, 2.45) is 5.92 Å². The van der Waals surface area contributed by atoms with Gasteiger partial charge in [0, 0.05) is 37.2 Å². The van der Waals surface area contributed by atoms with Gasteiger partial charge in [-0.1, -0.05) is 6.92 Å². The predicted molar refractivity (Wildman–Crippen MR) is 78.9 cm³/mol. The van der Waals surface area contributed by atoms with Crippen molar-refractivity contribution in [2.45, 2.75) is 13.5 Å². The summed E-state index contributed by atoms with van der Waals surface area (Å²) in [5.74, 6) is 0.249. The normalized spacial score (nSPS) is 12.4. The fraction of sp³-hybridized carbons (Fsp3) is 0.267. The molecule has 0 unspecified atom stereocenters. The Labute approximate surface area is 122 Å². The van der Waals surface area contributed by atoms with Gasteiger partial charge in [0.2, 0.25) is 0 Å². The van der Waals surface area contributed by atoms with E-state index in [-0.39, 0.29) is 5.91 Å². The first kappa shape index (κ1) is 13.4. The molecule has 6 heteroatoms. The molecule has 0 fully saturated rings. The topological polar surface area (TPSA) is 64.2 Å². The highest BCUT2D eigenvalue weighted by Gasteiger charge is 2.09. The van der Waals surface area contributed by atoms with Gasteiger partial charge >= 0.3 is 0 Å². The number of rotatable bonds is 5. The number of carbonyl (C=O) groups is 1. The largest absolute Gasteiger partial charge is 0.352 e. The van der Waals surface area contributed by atoms with E-state index < -0.39 is 0 Å². The smallest absolute Gasteiger partial charge is 0.251 e. The highest BCUT2D eigenvalue weighted by molar-refractivity contribution is 5.95. The monoisotopic (exact) mass is 283 g/mol. The maximum atomic E-state index is 12.2. The molecule has 21 heavy (non-hydrogen) atoms. The summed E-state index contributed by atoms with van der Waals surface area (Å²) in [6.45, 7) is 3.49. The van der Waals surface area contributed by atoms with Crippen LogP contribution in [0, 0.1) is 5.92 Å². The number of hydrogen-bond donors (Lipinski definition) is 1. The van der Waals surface area contributed by atoms with Crippen LogP contribution in [0.2, 0.25) is 0 Å². The molecule has 0 spiro atoms. The highest BCUT2D eigenvalue weighted by Crippen LogP contribution is 2.07. The molecule has 3 heterocycles. The maximum absolute atomic E-state index is 12.2. The van der Waals surface area contributed by atoms with Gasteiger partial charge in [-0.2, -0.15) is 5.10 Å². The molecule has 3 aromatic rings. The molecular formula is C15H17N5O. The van der Waals surface area contributed by atoms with E-state index >= 15 is 0 Å². The van der Waals surface area contributed by atoms with Gasteiger partial charge < -0.3 is 9.72 Å². The Balaban J connectivity index is 1.58. The zero-order chi connectivity index (χ0) is 14.7. The number of fused-ring (bicyclic) bond motifs is 1. The van der Waals surface area contributed by atoms with Crippen LogP contribution in [0.5, 0.6) is 0 Å². The summed E-state index contributed by atoms with van der Waals surface area (Å²) >= 11 is 0. The van der Waals surface area contributed by atoms with Crippen LogP contribution < -0.4 is 5.32 Å². The van der Waals surface area contributed by atoms with E-state index in [2.05, 4.69) is 22.3 Å². The quantitative estimate of drug-likeness (QED) is 0.773. The molecule has 0 aliphatic heterocycles. The number of amides is 1. The van der Waals surface area contributed by atoms with Crippen molar-refractivity contribution >= 4 is 11.4 Å². The molecule has 1 amide bonds. The number of pyridine rings is 1. The zero-order valence-corrected chi connectivity index (χ0v) is 11.8. The fourth-order valence-corrected chi connectivity index (χ4v) is 2.22. The number of hydrogen-bond acceptors (Lipinski definition) is 3. The third-order valence-corrected chi connectivity index (χ3v) is 3.35. The van der Waals surface area contributed by atoms with Crippen molar-refractivity contribution in [1.29, 1.82) is 0 Å². The molecule has 0 saturated carbocycles. The van der Waals surface area contributed by atoms with Crippen molar-refractivity contribution < 1.29 is 4.79 Å². The zero-order valence-electron chi connectivity index (χ0n) is 11.8. The lowest BCUT2D eigenvalue weighted by molar-refractivity contribution is 0.0946. The summed E-state index contributed by atoms with van der Waals surface area (Å²) in [7, 11) is 0. The third kappa shape index (κ3) is 3.10. The number of carbonyl (C=O) groups excluding carboxylic acids is 1. The molecule has 0 bridgehead atoms. The molecule has 0 saturated heterocycles. The van der Waals surface area contributed by atoms with Gasteiger partial charge in [-0.3, -0.25) is 9.48 Å². The second kappa shape index (κ2) is 5.78. The van der Waals surface area contributed by atoms with Crippen LogP contribution >= 0.6 is 0 Å². The van der Waals surface area contributed by atoms with E-state index in [9.17, 15) is 4.79 Å². The number of aromatic nitrogens is 4. The van der Waals surface area contributed by atoms with Gasteiger partial charge in [0.05, 0.1) is 18.0 Å². The molecule has 0 aliphatic carbocycles. The van der Waals surface area contributed by atoms with Gasteiger partial charge in [-0.15, -0.1) is 0 Å². The van der Waals surface area contributed by atoms with Gasteiger partial charge in [0.25, 0.3) is 5.91 Å². The summed E-state index contributed by atoms with van der Waals surface area (Å²) in [5, 5.41) is 7.12. The molecule has 0 aromatic carbocycles. The summed E-state index contributed by atoms with van der Waals surface area (Å²) in [5.41, 5.74) is 1.56. The first-order chi connectivity index (χ1) is 10.2. The minimum Gasteiger partial charge on any atom is -0.352 e. The number of nitrogens with zero attached hydrogens (tertiary/aromatic N) is 4. The van der Waals surface area contributed by atoms with Crippen LogP contribution in [0.1, 0.15) is 17.3 Å². The second-order valence-corrected chi connectivity index (χ2v) is 5.18. The van der Waals surface area contributed by atoms with Crippen LogP contribution in [0.3, 0.4) is 0 Å². The minimum absolute atomic E-state index is 0.0639. The SMILES string of the molecule is C[C@H](CNC(=O)c1ccn2cncc2c1)Cn1cccn1. The summed E-state index contributed by atoms with van der Waals surface area (Å²) < 4.78 is 3.74. The summed E-state index contributed by atoms with van der Waals surface area (Å²) in [6, 6.07) is 5.52. The number of imidazole rings is 1. The molecular weight excluding hydrogens is 266 g/mol. The highest BCUT2D eigenvalue weighted by atomic mass is 16.1. The van der Waals surface area contributed by atoms with Crippen LogP contribution in [-0.4, -0.2) is 31.6 Å². The lowest BCUT2D eigenvalue weighted by atomic mass is 10.1. The molecule has 3 rings (SSSR count). The van der Waals surface area contributed by atoms with Crippen LogP contribution in [0.4, 0.5) is 0 Å². The van der Waals surface area contributed by atoms with E-state index in [0.29, 0.717) is 18.0 Å². The summed E-state index contributed by atoms with van der Waals surface area (Å²) in [4.78, 5) is 16.2. The van der Waals surface area contributed by atoms with E-state index in [0.717, 1.165) is 12.1 Å². The van der Waals surface area contributed by atoms with Crippen molar-refractivity contribution in [1.82, 2.24) is 24.5 Å². The maximum Gasteiger partial charge on any atom is 0.251 e. The molecule has 3 aromatic heterocycles. The Hall–Kier alpha value is -2.63. The van der Waals surface area contributed by atoms with Crippen LogP contribution in [-0.2, 0) is 6.54 Å². The van der Waals surface area contributed by atoms with E-state index in [1.54, 1.807) is 24.8 Å². The Morgan fingerprint density at radius 1 is 1.43 bits per heavy atom. The second-order valence-electron chi connectivity index (χ2n) is 5.18. The van der Waals surface area contributed by atoms with Crippen molar-refractivity contribution in [3.63, 3.8) is 0 Å². The third-order valence-electron chi connectivity index (χ3n) is 3.35. The molecule has 1 atom stereocenters. The van der Waals surface area contributed by atoms with E-state index in [4.69, 9.17) is 0 Å². The molecule has 0 radical (unpaired) electrons. The van der Waals surface area contributed by atoms with E-state index in [1.165, 1.54) is 0 Å². The summed E-state index contributed by atoms with van der Waals surface area (Å²) in [6.07, 6.45) is 8.96. The van der Waals surface area contributed by atoms with Crippen molar-refractivity contribution in [3.8, 4) is 0 Å².